The molecule has 0 fully saturated rings. The van der Waals surface area contributed by atoms with E-state index >= 15 is 0 Å². The number of hydrogen-bond donors (Lipinski definition) is 1. The second-order valence-corrected chi connectivity index (χ2v) is 2.95. The third kappa shape index (κ3) is 7.32. The van der Waals surface area contributed by atoms with Crippen LogP contribution in [0.1, 0.15) is 39.5 Å². The average molecular weight is 182 g/mol. The molecule has 0 aliphatic heterocycles. The van der Waals surface area contributed by atoms with Crippen LogP contribution < -0.4 is 0 Å². The third-order valence-corrected chi connectivity index (χ3v) is 1.77. The minimum absolute atomic E-state index is 0.222. The zero-order chi connectivity index (χ0) is 10.1. The van der Waals surface area contributed by atoms with Gasteiger partial charge in [0.25, 0.3) is 0 Å². The molecule has 0 bridgehead atoms. The van der Waals surface area contributed by atoms with Crippen molar-refractivity contribution in [2.45, 2.75) is 39.5 Å². The van der Waals surface area contributed by atoms with E-state index in [1.165, 1.54) is 5.57 Å². The highest BCUT2D eigenvalue weighted by atomic mass is 16.4. The van der Waals surface area contributed by atoms with Gasteiger partial charge in [-0.25, -0.2) is 0 Å². The summed E-state index contributed by atoms with van der Waals surface area (Å²) in [5.41, 5.74) is 1.29. The van der Waals surface area contributed by atoms with Gasteiger partial charge in [-0.05, 0) is 19.8 Å². The predicted molar refractivity (Wildman–Crippen MR) is 54.7 cm³/mol. The normalized spacial score (nSPS) is 12.3. The molecule has 2 nitrogen and oxygen atoms in total. The second-order valence-electron chi connectivity index (χ2n) is 2.95. The molecule has 0 rings (SSSR count). The first-order chi connectivity index (χ1) is 6.20. The molecule has 0 amide bonds. The fraction of sp³-hybridized carbons (Fsp3) is 0.545. The molecular formula is C11H18O2. The molecule has 0 aromatic heterocycles. The lowest BCUT2D eigenvalue weighted by Gasteiger charge is -1.96. The number of carboxylic acid groups (broad SMARTS) is 1. The minimum atomic E-state index is -0.734. The standard InChI is InChI=1S/C11H18O2/c1-3-7-10(4-2)8-5-6-9-11(12)13/h4-5,8H,3,6-7,9H2,1-2H3,(H,12,13)/b8-5-,10-4-. The Morgan fingerprint density at radius 2 is 2.08 bits per heavy atom. The van der Waals surface area contributed by atoms with Gasteiger partial charge in [-0.15, -0.1) is 0 Å². The van der Waals surface area contributed by atoms with E-state index in [9.17, 15) is 4.79 Å². The molecular weight excluding hydrogens is 164 g/mol. The highest BCUT2D eigenvalue weighted by molar-refractivity contribution is 5.66. The maximum Gasteiger partial charge on any atom is 0.303 e. The summed E-state index contributed by atoms with van der Waals surface area (Å²) in [5.74, 6) is -0.734. The second kappa shape index (κ2) is 7.59. The first-order valence-corrected chi connectivity index (χ1v) is 4.74. The van der Waals surface area contributed by atoms with Gasteiger partial charge >= 0.3 is 5.97 Å². The summed E-state index contributed by atoms with van der Waals surface area (Å²) < 4.78 is 0. The van der Waals surface area contributed by atoms with E-state index in [-0.39, 0.29) is 6.42 Å². The summed E-state index contributed by atoms with van der Waals surface area (Å²) in [7, 11) is 0. The lowest BCUT2D eigenvalue weighted by atomic mass is 10.1. The van der Waals surface area contributed by atoms with Crippen molar-refractivity contribution in [1.29, 1.82) is 0 Å². The number of rotatable bonds is 6. The largest absolute Gasteiger partial charge is 0.481 e. The Kier molecular flexibility index (Phi) is 6.98. The van der Waals surface area contributed by atoms with Crippen LogP contribution in [0.25, 0.3) is 0 Å². The molecule has 1 N–H and O–H groups in total. The van der Waals surface area contributed by atoms with Gasteiger partial charge in [-0.2, -0.15) is 0 Å². The fourth-order valence-corrected chi connectivity index (χ4v) is 1.05. The van der Waals surface area contributed by atoms with E-state index in [4.69, 9.17) is 5.11 Å². The Balaban J connectivity index is 3.74. The van der Waals surface area contributed by atoms with E-state index < -0.39 is 5.97 Å². The Bertz CT molecular complexity index is 202. The smallest absolute Gasteiger partial charge is 0.303 e. The first-order valence-electron chi connectivity index (χ1n) is 4.74. The van der Waals surface area contributed by atoms with Crippen LogP contribution in [0.5, 0.6) is 0 Å². The van der Waals surface area contributed by atoms with Crippen molar-refractivity contribution >= 4 is 5.97 Å². The van der Waals surface area contributed by atoms with E-state index in [0.29, 0.717) is 6.42 Å². The number of hydrogen-bond acceptors (Lipinski definition) is 1. The molecule has 0 aromatic carbocycles. The molecule has 0 spiro atoms. The van der Waals surface area contributed by atoms with Gasteiger partial charge < -0.3 is 5.11 Å². The number of allylic oxidation sites excluding steroid dienone is 4. The molecule has 0 unspecified atom stereocenters. The van der Waals surface area contributed by atoms with Gasteiger partial charge in [0.2, 0.25) is 0 Å². The summed E-state index contributed by atoms with van der Waals surface area (Å²) >= 11 is 0. The highest BCUT2D eigenvalue weighted by Gasteiger charge is 1.92. The summed E-state index contributed by atoms with van der Waals surface area (Å²) in [6.45, 7) is 4.14. The predicted octanol–water partition coefficient (Wildman–Crippen LogP) is 3.15. The monoisotopic (exact) mass is 182 g/mol. The zero-order valence-corrected chi connectivity index (χ0v) is 8.42. The highest BCUT2D eigenvalue weighted by Crippen LogP contribution is 2.06. The van der Waals surface area contributed by atoms with E-state index in [1.807, 2.05) is 19.1 Å². The summed E-state index contributed by atoms with van der Waals surface area (Å²) in [6, 6.07) is 0. The van der Waals surface area contributed by atoms with Crippen molar-refractivity contribution in [3.8, 4) is 0 Å². The molecule has 0 radical (unpaired) electrons. The van der Waals surface area contributed by atoms with Crippen molar-refractivity contribution in [1.82, 2.24) is 0 Å². The molecule has 0 aliphatic carbocycles. The Morgan fingerprint density at radius 3 is 2.54 bits per heavy atom. The van der Waals surface area contributed by atoms with Crippen LogP contribution in [0.4, 0.5) is 0 Å². The fourth-order valence-electron chi connectivity index (χ4n) is 1.05. The number of carboxylic acids is 1. The number of carbonyl (C=O) groups is 1. The third-order valence-electron chi connectivity index (χ3n) is 1.77. The van der Waals surface area contributed by atoms with Gasteiger partial charge in [0.05, 0.1) is 0 Å². The molecule has 0 aliphatic rings. The van der Waals surface area contributed by atoms with Crippen molar-refractivity contribution in [2.24, 2.45) is 0 Å². The summed E-state index contributed by atoms with van der Waals surface area (Å²) in [5, 5.41) is 8.39. The molecule has 13 heavy (non-hydrogen) atoms. The molecule has 0 heterocycles. The van der Waals surface area contributed by atoms with Gasteiger partial charge in [0.15, 0.2) is 0 Å². The van der Waals surface area contributed by atoms with E-state index in [1.54, 1.807) is 0 Å². The van der Waals surface area contributed by atoms with Crippen molar-refractivity contribution < 1.29 is 9.90 Å². The summed E-state index contributed by atoms with van der Waals surface area (Å²) in [6.07, 6.45) is 9.06. The van der Waals surface area contributed by atoms with Crippen LogP contribution in [0.3, 0.4) is 0 Å². The van der Waals surface area contributed by atoms with Gasteiger partial charge in [0.1, 0.15) is 0 Å². The summed E-state index contributed by atoms with van der Waals surface area (Å²) in [4.78, 5) is 10.2. The van der Waals surface area contributed by atoms with E-state index in [0.717, 1.165) is 12.8 Å². The van der Waals surface area contributed by atoms with Crippen LogP contribution >= 0.6 is 0 Å². The minimum Gasteiger partial charge on any atom is -0.481 e. The van der Waals surface area contributed by atoms with E-state index in [2.05, 4.69) is 13.0 Å². The van der Waals surface area contributed by atoms with Crippen LogP contribution in [0.2, 0.25) is 0 Å². The van der Waals surface area contributed by atoms with Crippen molar-refractivity contribution in [3.63, 3.8) is 0 Å². The van der Waals surface area contributed by atoms with Crippen molar-refractivity contribution in [2.75, 3.05) is 0 Å². The Labute approximate surface area is 80.0 Å². The molecule has 0 saturated heterocycles. The SMILES string of the molecule is C/C=C(\C=C/CCC(=O)O)CCC. The first kappa shape index (κ1) is 11.9. The van der Waals surface area contributed by atoms with Crippen LogP contribution in [0.15, 0.2) is 23.8 Å². The Morgan fingerprint density at radius 1 is 1.38 bits per heavy atom. The lowest BCUT2D eigenvalue weighted by Crippen LogP contribution is -1.91. The van der Waals surface area contributed by atoms with Gasteiger partial charge in [0, 0.05) is 6.42 Å². The van der Waals surface area contributed by atoms with Gasteiger partial charge in [-0.3, -0.25) is 4.79 Å². The van der Waals surface area contributed by atoms with Crippen LogP contribution in [0, 0.1) is 0 Å². The van der Waals surface area contributed by atoms with Gasteiger partial charge in [-0.1, -0.05) is 37.1 Å². The molecule has 2 heteroatoms. The number of aliphatic carboxylic acids is 1. The van der Waals surface area contributed by atoms with Crippen LogP contribution in [-0.2, 0) is 4.79 Å². The zero-order valence-electron chi connectivity index (χ0n) is 8.42. The maximum atomic E-state index is 10.2. The molecule has 0 atom stereocenters. The molecule has 0 saturated carbocycles. The van der Waals surface area contributed by atoms with Crippen LogP contribution in [-0.4, -0.2) is 11.1 Å². The maximum absolute atomic E-state index is 10.2. The van der Waals surface area contributed by atoms with Crippen molar-refractivity contribution in [3.05, 3.63) is 23.8 Å². The average Bonchev–Trinajstić information content (AvgIpc) is 2.10. The molecule has 74 valence electrons. The quantitative estimate of drug-likeness (QED) is 0.641. The Hall–Kier alpha value is -1.05. The lowest BCUT2D eigenvalue weighted by molar-refractivity contribution is -0.136. The topological polar surface area (TPSA) is 37.3 Å². The molecule has 0 aromatic rings.